The van der Waals surface area contributed by atoms with Gasteiger partial charge in [-0.05, 0) is 37.1 Å². The standard InChI is InChI=1S/C22H24ClNO5/c1-14(29-21(26)13-18-12-19(23)8-9-20(18)28-3)22(27)17-6-4-16(5-7-17)10-11-24-15(2)25/h4-9,12,14H,10-11,13H2,1-3H3,(H,24,25)/t14-/m0/s1. The third kappa shape index (κ3) is 6.91. The van der Waals surface area contributed by atoms with Crippen LogP contribution in [0, 0.1) is 0 Å². The lowest BCUT2D eigenvalue weighted by Crippen LogP contribution is -2.25. The van der Waals surface area contributed by atoms with Crippen LogP contribution in [0.1, 0.15) is 35.3 Å². The Morgan fingerprint density at radius 2 is 1.79 bits per heavy atom. The van der Waals surface area contributed by atoms with Crippen LogP contribution in [0.3, 0.4) is 0 Å². The largest absolute Gasteiger partial charge is 0.496 e. The molecule has 1 amide bonds. The molecule has 0 aliphatic heterocycles. The number of benzene rings is 2. The van der Waals surface area contributed by atoms with Gasteiger partial charge in [0, 0.05) is 29.6 Å². The molecular weight excluding hydrogens is 394 g/mol. The molecule has 0 aliphatic rings. The fourth-order valence-electron chi connectivity index (χ4n) is 2.79. The molecule has 0 fully saturated rings. The number of Topliss-reactive ketones (excluding diaryl/α,β-unsaturated/α-hetero) is 1. The van der Waals surface area contributed by atoms with Crippen LogP contribution in [0.2, 0.25) is 5.02 Å². The van der Waals surface area contributed by atoms with E-state index < -0.39 is 12.1 Å². The quantitative estimate of drug-likeness (QED) is 0.499. The maximum Gasteiger partial charge on any atom is 0.311 e. The van der Waals surface area contributed by atoms with Gasteiger partial charge in [0.15, 0.2) is 6.10 Å². The molecule has 0 bridgehead atoms. The highest BCUT2D eigenvalue weighted by molar-refractivity contribution is 6.30. The first-order valence-corrected chi connectivity index (χ1v) is 9.57. The van der Waals surface area contributed by atoms with Gasteiger partial charge >= 0.3 is 5.97 Å². The van der Waals surface area contributed by atoms with Crippen LogP contribution >= 0.6 is 11.6 Å². The molecular formula is C22H24ClNO5. The Morgan fingerprint density at radius 1 is 1.10 bits per heavy atom. The molecule has 1 N–H and O–H groups in total. The third-order valence-electron chi connectivity index (χ3n) is 4.28. The van der Waals surface area contributed by atoms with E-state index in [2.05, 4.69) is 5.32 Å². The van der Waals surface area contributed by atoms with Gasteiger partial charge in [-0.1, -0.05) is 35.9 Å². The highest BCUT2D eigenvalue weighted by atomic mass is 35.5. The van der Waals surface area contributed by atoms with Gasteiger partial charge in [-0.3, -0.25) is 14.4 Å². The summed E-state index contributed by atoms with van der Waals surface area (Å²) in [6.45, 7) is 3.54. The van der Waals surface area contributed by atoms with Crippen molar-refractivity contribution in [1.82, 2.24) is 5.32 Å². The summed E-state index contributed by atoms with van der Waals surface area (Å²) in [5, 5.41) is 3.20. The Bertz CT molecular complexity index is 879. The first kappa shape index (κ1) is 22.4. The molecule has 29 heavy (non-hydrogen) atoms. The Morgan fingerprint density at radius 3 is 2.41 bits per heavy atom. The van der Waals surface area contributed by atoms with Gasteiger partial charge < -0.3 is 14.8 Å². The zero-order valence-corrected chi connectivity index (χ0v) is 17.4. The molecule has 2 rings (SSSR count). The van der Waals surface area contributed by atoms with Crippen LogP contribution in [0.15, 0.2) is 42.5 Å². The van der Waals surface area contributed by atoms with E-state index in [4.69, 9.17) is 21.1 Å². The van der Waals surface area contributed by atoms with Gasteiger partial charge in [0.25, 0.3) is 0 Å². The van der Waals surface area contributed by atoms with Crippen LogP contribution < -0.4 is 10.1 Å². The zero-order chi connectivity index (χ0) is 21.4. The highest BCUT2D eigenvalue weighted by Gasteiger charge is 2.20. The van der Waals surface area contributed by atoms with Gasteiger partial charge in [-0.15, -0.1) is 0 Å². The lowest BCUT2D eigenvalue weighted by atomic mass is 10.0. The number of ether oxygens (including phenoxy) is 2. The molecule has 0 spiro atoms. The molecule has 7 heteroatoms. The minimum absolute atomic E-state index is 0.0521. The number of methoxy groups -OCH3 is 1. The maximum absolute atomic E-state index is 12.5. The van der Waals surface area contributed by atoms with Crippen molar-refractivity contribution in [2.24, 2.45) is 0 Å². The number of hydrogen-bond donors (Lipinski definition) is 1. The second-order valence-electron chi connectivity index (χ2n) is 6.56. The molecule has 0 heterocycles. The minimum Gasteiger partial charge on any atom is -0.496 e. The van der Waals surface area contributed by atoms with E-state index in [1.54, 1.807) is 37.3 Å². The number of hydrogen-bond acceptors (Lipinski definition) is 5. The highest BCUT2D eigenvalue weighted by Crippen LogP contribution is 2.23. The summed E-state index contributed by atoms with van der Waals surface area (Å²) in [5.74, 6) is -0.383. The van der Waals surface area contributed by atoms with Crippen molar-refractivity contribution in [3.63, 3.8) is 0 Å². The van der Waals surface area contributed by atoms with Crippen LogP contribution in [0.25, 0.3) is 0 Å². The summed E-state index contributed by atoms with van der Waals surface area (Å²) in [5.41, 5.74) is 2.04. The predicted molar refractivity (Wildman–Crippen MR) is 110 cm³/mol. The van der Waals surface area contributed by atoms with Crippen molar-refractivity contribution >= 4 is 29.3 Å². The summed E-state index contributed by atoms with van der Waals surface area (Å²) in [6.07, 6.45) is -0.304. The first-order chi connectivity index (χ1) is 13.8. The van der Waals surface area contributed by atoms with Gasteiger partial charge in [0.1, 0.15) is 5.75 Å². The van der Waals surface area contributed by atoms with Crippen LogP contribution in [-0.2, 0) is 27.2 Å². The number of amides is 1. The van der Waals surface area contributed by atoms with Crippen molar-refractivity contribution in [3.05, 3.63) is 64.2 Å². The van der Waals surface area contributed by atoms with E-state index in [1.807, 2.05) is 12.1 Å². The SMILES string of the molecule is COc1ccc(Cl)cc1CC(=O)O[C@@H](C)C(=O)c1ccc(CCNC(C)=O)cc1. The summed E-state index contributed by atoms with van der Waals surface area (Å²) < 4.78 is 10.5. The monoisotopic (exact) mass is 417 g/mol. The van der Waals surface area contributed by atoms with Crippen molar-refractivity contribution < 1.29 is 23.9 Å². The fourth-order valence-corrected chi connectivity index (χ4v) is 2.98. The minimum atomic E-state index is -0.919. The van der Waals surface area contributed by atoms with Crippen molar-refractivity contribution in [3.8, 4) is 5.75 Å². The van der Waals surface area contributed by atoms with E-state index in [0.29, 0.717) is 34.9 Å². The summed E-state index contributed by atoms with van der Waals surface area (Å²) in [4.78, 5) is 35.7. The number of carbonyl (C=O) groups is 3. The van der Waals surface area contributed by atoms with E-state index >= 15 is 0 Å². The van der Waals surface area contributed by atoms with E-state index in [1.165, 1.54) is 14.0 Å². The molecule has 0 unspecified atom stereocenters. The van der Waals surface area contributed by atoms with Gasteiger partial charge in [0.2, 0.25) is 11.7 Å². The molecule has 0 saturated carbocycles. The number of halogens is 1. The van der Waals surface area contributed by atoms with E-state index in [0.717, 1.165) is 5.56 Å². The molecule has 154 valence electrons. The summed E-state index contributed by atoms with van der Waals surface area (Å²) in [7, 11) is 1.50. The van der Waals surface area contributed by atoms with Crippen molar-refractivity contribution in [1.29, 1.82) is 0 Å². The Hall–Kier alpha value is -2.86. The van der Waals surface area contributed by atoms with Crippen molar-refractivity contribution in [2.75, 3.05) is 13.7 Å². The molecule has 0 aromatic heterocycles. The normalized spacial score (nSPS) is 11.4. The van der Waals surface area contributed by atoms with Crippen LogP contribution in [-0.4, -0.2) is 37.4 Å². The number of ketones is 1. The third-order valence-corrected chi connectivity index (χ3v) is 4.52. The Balaban J connectivity index is 1.93. The van der Waals surface area contributed by atoms with Gasteiger partial charge in [-0.2, -0.15) is 0 Å². The molecule has 6 nitrogen and oxygen atoms in total. The maximum atomic E-state index is 12.5. The average Bonchev–Trinajstić information content (AvgIpc) is 2.67. The Kier molecular flexibility index (Phi) is 8.21. The first-order valence-electron chi connectivity index (χ1n) is 9.19. The Labute approximate surface area is 175 Å². The zero-order valence-electron chi connectivity index (χ0n) is 16.7. The number of esters is 1. The summed E-state index contributed by atoms with van der Waals surface area (Å²) >= 11 is 5.97. The number of carbonyl (C=O) groups excluding carboxylic acids is 3. The van der Waals surface area contributed by atoms with Gasteiger partial charge in [0.05, 0.1) is 13.5 Å². The lowest BCUT2D eigenvalue weighted by molar-refractivity contribution is -0.145. The average molecular weight is 418 g/mol. The molecule has 0 saturated heterocycles. The fraction of sp³-hybridized carbons (Fsp3) is 0.318. The topological polar surface area (TPSA) is 81.7 Å². The number of rotatable bonds is 9. The molecule has 0 aliphatic carbocycles. The van der Waals surface area contributed by atoms with Crippen LogP contribution in [0.5, 0.6) is 5.75 Å². The number of nitrogens with one attached hydrogen (secondary N) is 1. The lowest BCUT2D eigenvalue weighted by Gasteiger charge is -2.14. The smallest absolute Gasteiger partial charge is 0.311 e. The molecule has 1 atom stereocenters. The summed E-state index contributed by atoms with van der Waals surface area (Å²) in [6, 6.07) is 12.0. The van der Waals surface area contributed by atoms with Gasteiger partial charge in [-0.25, -0.2) is 0 Å². The van der Waals surface area contributed by atoms with E-state index in [9.17, 15) is 14.4 Å². The van der Waals surface area contributed by atoms with E-state index in [-0.39, 0.29) is 18.1 Å². The second kappa shape index (κ2) is 10.6. The second-order valence-corrected chi connectivity index (χ2v) is 7.00. The molecule has 0 radical (unpaired) electrons. The van der Waals surface area contributed by atoms with Crippen molar-refractivity contribution in [2.45, 2.75) is 32.8 Å². The molecule has 2 aromatic carbocycles. The van der Waals surface area contributed by atoms with Crippen LogP contribution in [0.4, 0.5) is 0 Å². The molecule has 2 aromatic rings. The predicted octanol–water partition coefficient (Wildman–Crippen LogP) is 3.38.